The predicted molar refractivity (Wildman–Crippen MR) is 83.4 cm³/mol. The first kappa shape index (κ1) is 14.0. The summed E-state index contributed by atoms with van der Waals surface area (Å²) in [5, 5.41) is 14.0. The maximum atomic E-state index is 12.9. The highest BCUT2D eigenvalue weighted by Gasteiger charge is 2.52. The minimum absolute atomic E-state index is 0.768. The van der Waals surface area contributed by atoms with Crippen molar-refractivity contribution in [2.75, 3.05) is 0 Å². The van der Waals surface area contributed by atoms with Crippen LogP contribution in [0.3, 0.4) is 0 Å². The molecule has 0 amide bonds. The van der Waals surface area contributed by atoms with Gasteiger partial charge >= 0.3 is 0 Å². The third-order valence-corrected chi connectivity index (χ3v) is 4.13. The number of hydrogen-bond donors (Lipinski definition) is 0. The zero-order valence-corrected chi connectivity index (χ0v) is 12.6. The zero-order valence-electron chi connectivity index (χ0n) is 12.6. The van der Waals surface area contributed by atoms with Crippen LogP contribution in [0.2, 0.25) is 0 Å². The summed E-state index contributed by atoms with van der Waals surface area (Å²) in [5.74, 6) is 0. The summed E-state index contributed by atoms with van der Waals surface area (Å²) in [6.07, 6.45) is 0. The van der Waals surface area contributed by atoms with Gasteiger partial charge in [-0.05, 0) is 31.9 Å². The second-order valence-corrected chi connectivity index (χ2v) is 6.05. The van der Waals surface area contributed by atoms with Crippen molar-refractivity contribution in [1.82, 2.24) is 5.06 Å². The van der Waals surface area contributed by atoms with E-state index in [0.717, 1.165) is 21.9 Å². The van der Waals surface area contributed by atoms with Crippen LogP contribution in [-0.4, -0.2) is 16.4 Å². The molecule has 0 aromatic heterocycles. The molecule has 21 heavy (non-hydrogen) atoms. The van der Waals surface area contributed by atoms with Crippen molar-refractivity contribution < 1.29 is 5.21 Å². The van der Waals surface area contributed by atoms with Crippen LogP contribution in [0, 0.1) is 0 Å². The zero-order chi connectivity index (χ0) is 15.1. The maximum absolute atomic E-state index is 12.9. The molecular formula is C18H19N2O. The second-order valence-electron chi connectivity index (χ2n) is 6.05. The van der Waals surface area contributed by atoms with Crippen LogP contribution in [-0.2, 0) is 10.7 Å². The molecule has 1 radical (unpaired) electrons. The fraction of sp³-hybridized carbons (Fsp3) is 0.278. The monoisotopic (exact) mass is 279 g/mol. The van der Waals surface area contributed by atoms with Crippen molar-refractivity contribution in [2.45, 2.75) is 32.0 Å². The lowest BCUT2D eigenvalue weighted by molar-refractivity contribution is -0.248. The molecule has 1 heterocycles. The third-order valence-electron chi connectivity index (χ3n) is 4.13. The minimum Gasteiger partial charge on any atom is -0.263 e. The van der Waals surface area contributed by atoms with Crippen molar-refractivity contribution in [1.29, 1.82) is 0 Å². The molecule has 0 bridgehead atoms. The van der Waals surface area contributed by atoms with E-state index in [1.54, 1.807) is 0 Å². The Morgan fingerprint density at radius 1 is 0.857 bits per heavy atom. The Balaban J connectivity index is 2.20. The molecule has 1 atom stereocenters. The second kappa shape index (κ2) is 4.79. The minimum atomic E-state index is -0.772. The van der Waals surface area contributed by atoms with Gasteiger partial charge in [0.05, 0.1) is 5.71 Å². The van der Waals surface area contributed by atoms with E-state index in [9.17, 15) is 5.21 Å². The molecule has 107 valence electrons. The van der Waals surface area contributed by atoms with Gasteiger partial charge in [-0.2, -0.15) is 0 Å². The highest BCUT2D eigenvalue weighted by molar-refractivity contribution is 6.08. The van der Waals surface area contributed by atoms with E-state index in [0.29, 0.717) is 0 Å². The first-order chi connectivity index (χ1) is 9.96. The molecule has 0 fully saturated rings. The topological polar surface area (TPSA) is 35.5 Å². The molecule has 0 spiro atoms. The molecule has 0 saturated heterocycles. The van der Waals surface area contributed by atoms with Gasteiger partial charge in [-0.25, -0.2) is 0 Å². The highest BCUT2D eigenvalue weighted by atomic mass is 16.5. The number of rotatable bonds is 2. The Hall–Kier alpha value is -1.97. The molecule has 3 rings (SSSR count). The summed E-state index contributed by atoms with van der Waals surface area (Å²) < 4.78 is 0. The van der Waals surface area contributed by atoms with Crippen LogP contribution in [0.1, 0.15) is 31.9 Å². The van der Waals surface area contributed by atoms with Gasteiger partial charge in [-0.3, -0.25) is 4.99 Å². The van der Waals surface area contributed by atoms with Crippen LogP contribution in [0.15, 0.2) is 65.7 Å². The first-order valence-corrected chi connectivity index (χ1v) is 7.15. The molecule has 2 aromatic rings. The molecule has 0 saturated carbocycles. The normalized spacial score (nSPS) is 24.9. The molecule has 1 unspecified atom stereocenters. The molecule has 1 aliphatic rings. The van der Waals surface area contributed by atoms with Gasteiger partial charge in [0.25, 0.3) is 0 Å². The van der Waals surface area contributed by atoms with E-state index in [4.69, 9.17) is 4.99 Å². The Labute approximate surface area is 125 Å². The Morgan fingerprint density at radius 2 is 1.38 bits per heavy atom. The van der Waals surface area contributed by atoms with Crippen LogP contribution < -0.4 is 0 Å². The van der Waals surface area contributed by atoms with Crippen LogP contribution >= 0.6 is 0 Å². The standard InChI is InChI=1S/C18H19N2O/c1-17(2)19-16(14-10-6-4-7-11-14)18(3,20(17)21)15-12-8-5-9-13-15/h4-13H,1-3H3. The van der Waals surface area contributed by atoms with Crippen molar-refractivity contribution in [3.05, 3.63) is 71.8 Å². The fourth-order valence-corrected chi connectivity index (χ4v) is 3.03. The molecule has 0 N–H and O–H groups in total. The van der Waals surface area contributed by atoms with E-state index >= 15 is 0 Å². The molecule has 3 heteroatoms. The average Bonchev–Trinajstić information content (AvgIpc) is 2.71. The summed E-state index contributed by atoms with van der Waals surface area (Å²) in [4.78, 5) is 4.73. The van der Waals surface area contributed by atoms with Crippen LogP contribution in [0.25, 0.3) is 0 Å². The van der Waals surface area contributed by atoms with E-state index in [-0.39, 0.29) is 0 Å². The fourth-order valence-electron chi connectivity index (χ4n) is 3.03. The van der Waals surface area contributed by atoms with Gasteiger partial charge in [0.15, 0.2) is 0 Å². The van der Waals surface area contributed by atoms with Crippen LogP contribution in [0.5, 0.6) is 0 Å². The van der Waals surface area contributed by atoms with E-state index in [1.807, 2.05) is 81.4 Å². The van der Waals surface area contributed by atoms with Crippen LogP contribution in [0.4, 0.5) is 0 Å². The Kier molecular flexibility index (Phi) is 3.19. The molecule has 2 aromatic carbocycles. The molecular weight excluding hydrogens is 260 g/mol. The van der Waals surface area contributed by atoms with E-state index in [1.165, 1.54) is 0 Å². The van der Waals surface area contributed by atoms with Crippen molar-refractivity contribution >= 4 is 5.71 Å². The smallest absolute Gasteiger partial charge is 0.135 e. The SMILES string of the molecule is CC1(C)N=C(c2ccccc2)C(C)(c2ccccc2)N1[O]. The summed E-state index contributed by atoms with van der Waals surface area (Å²) in [7, 11) is 0. The lowest BCUT2D eigenvalue weighted by Gasteiger charge is -2.35. The highest BCUT2D eigenvalue weighted by Crippen LogP contribution is 2.42. The van der Waals surface area contributed by atoms with Gasteiger partial charge < -0.3 is 0 Å². The van der Waals surface area contributed by atoms with Gasteiger partial charge in [0.1, 0.15) is 11.2 Å². The van der Waals surface area contributed by atoms with Gasteiger partial charge in [-0.15, -0.1) is 10.3 Å². The number of benzene rings is 2. The quantitative estimate of drug-likeness (QED) is 0.823. The molecule has 3 nitrogen and oxygen atoms in total. The van der Waals surface area contributed by atoms with E-state index in [2.05, 4.69) is 0 Å². The summed E-state index contributed by atoms with van der Waals surface area (Å²) in [6.45, 7) is 5.67. The van der Waals surface area contributed by atoms with Crippen molar-refractivity contribution in [3.8, 4) is 0 Å². The summed E-state index contributed by atoms with van der Waals surface area (Å²) >= 11 is 0. The Bertz CT molecular complexity index is 664. The average molecular weight is 279 g/mol. The first-order valence-electron chi connectivity index (χ1n) is 7.15. The van der Waals surface area contributed by atoms with Gasteiger partial charge in [0.2, 0.25) is 0 Å². The van der Waals surface area contributed by atoms with Gasteiger partial charge in [-0.1, -0.05) is 60.7 Å². The largest absolute Gasteiger partial charge is 0.263 e. The van der Waals surface area contributed by atoms with Crippen molar-refractivity contribution in [2.24, 2.45) is 4.99 Å². The number of nitrogens with zero attached hydrogens (tertiary/aromatic N) is 2. The lowest BCUT2D eigenvalue weighted by Crippen LogP contribution is -2.49. The number of aliphatic imine (C=N–C) groups is 1. The van der Waals surface area contributed by atoms with E-state index < -0.39 is 11.2 Å². The third kappa shape index (κ3) is 2.09. The predicted octanol–water partition coefficient (Wildman–Crippen LogP) is 3.79. The molecule has 0 aliphatic carbocycles. The molecule has 1 aliphatic heterocycles. The Morgan fingerprint density at radius 3 is 1.95 bits per heavy atom. The van der Waals surface area contributed by atoms with Gasteiger partial charge in [0, 0.05) is 0 Å². The summed E-state index contributed by atoms with van der Waals surface area (Å²) in [6, 6.07) is 19.8. The summed E-state index contributed by atoms with van der Waals surface area (Å²) in [5.41, 5.74) is 1.25. The number of hydroxylamine groups is 2. The lowest BCUT2D eigenvalue weighted by atomic mass is 9.84. The van der Waals surface area contributed by atoms with Crippen molar-refractivity contribution in [3.63, 3.8) is 0 Å². The number of hydrogen-bond acceptors (Lipinski definition) is 2. The maximum Gasteiger partial charge on any atom is 0.135 e.